The summed E-state index contributed by atoms with van der Waals surface area (Å²) in [5.74, 6) is -0.589. The first-order chi connectivity index (χ1) is 16.3. The van der Waals surface area contributed by atoms with Crippen molar-refractivity contribution in [3.05, 3.63) is 81.0 Å². The molecule has 176 valence electrons. The first kappa shape index (κ1) is 23.8. The minimum atomic E-state index is -0.561. The van der Waals surface area contributed by atoms with E-state index in [1.807, 2.05) is 0 Å². The molecule has 0 radical (unpaired) electrons. The summed E-state index contributed by atoms with van der Waals surface area (Å²) in [7, 11) is 0. The van der Waals surface area contributed by atoms with Gasteiger partial charge >= 0.3 is 0 Å². The van der Waals surface area contributed by atoms with Crippen molar-refractivity contribution in [2.24, 2.45) is 5.10 Å². The quantitative estimate of drug-likeness (QED) is 0.433. The molecule has 2 aromatic carbocycles. The second-order valence-corrected chi connectivity index (χ2v) is 8.44. The maximum absolute atomic E-state index is 13.9. The first-order valence-electron chi connectivity index (χ1n) is 10.4. The van der Waals surface area contributed by atoms with Crippen molar-refractivity contribution in [2.45, 2.75) is 26.2 Å². The number of carbonyl (C=O) groups is 2. The summed E-state index contributed by atoms with van der Waals surface area (Å²) >= 11 is 11.9. The second kappa shape index (κ2) is 10.3. The lowest BCUT2D eigenvalue weighted by molar-refractivity contribution is -0.123. The van der Waals surface area contributed by atoms with Crippen LogP contribution in [0.5, 0.6) is 5.75 Å². The summed E-state index contributed by atoms with van der Waals surface area (Å²) in [6, 6.07) is 10.6. The Morgan fingerprint density at radius 2 is 1.97 bits per heavy atom. The van der Waals surface area contributed by atoms with Crippen molar-refractivity contribution in [1.29, 1.82) is 0 Å². The number of benzene rings is 2. The van der Waals surface area contributed by atoms with E-state index in [4.69, 9.17) is 32.4 Å². The molecule has 0 fully saturated rings. The number of aryl methyl sites for hydroxylation is 1. The monoisotopic (exact) mass is 503 g/mol. The number of nitrogens with one attached hydrogen (secondary N) is 2. The van der Waals surface area contributed by atoms with Gasteiger partial charge in [0, 0.05) is 22.6 Å². The standard InChI is InChI=1S/C24H20Cl2FN3O4/c1-13-22-18(29-30-21(31)12-33-19-10-9-14(25)11-15(19)26)7-4-8-20(22)34-23(13)24(32)28-17-6-3-2-5-16(17)27/h2-3,5-6,9-11H,4,7-8,12H2,1H3,(H,28,32)(H,30,31)/b29-18+. The normalized spacial score (nSPS) is 13.9. The van der Waals surface area contributed by atoms with Gasteiger partial charge in [0.15, 0.2) is 12.4 Å². The number of fused-ring (bicyclic) bond motifs is 1. The number of amides is 2. The molecule has 1 aliphatic carbocycles. The highest BCUT2D eigenvalue weighted by Gasteiger charge is 2.28. The van der Waals surface area contributed by atoms with Crippen LogP contribution >= 0.6 is 23.2 Å². The van der Waals surface area contributed by atoms with E-state index in [-0.39, 0.29) is 18.1 Å². The number of halogens is 3. The van der Waals surface area contributed by atoms with Gasteiger partial charge in [-0.05, 0) is 50.1 Å². The maximum Gasteiger partial charge on any atom is 0.291 e. The van der Waals surface area contributed by atoms with Gasteiger partial charge in [-0.2, -0.15) is 5.10 Å². The molecule has 34 heavy (non-hydrogen) atoms. The number of nitrogens with zero attached hydrogens (tertiary/aromatic N) is 1. The van der Waals surface area contributed by atoms with Crippen LogP contribution in [-0.2, 0) is 11.2 Å². The van der Waals surface area contributed by atoms with E-state index in [1.165, 1.54) is 24.3 Å². The highest BCUT2D eigenvalue weighted by atomic mass is 35.5. The molecule has 0 saturated heterocycles. The number of ether oxygens (including phenoxy) is 1. The summed E-state index contributed by atoms with van der Waals surface area (Å²) < 4.78 is 25.1. The fourth-order valence-electron chi connectivity index (χ4n) is 3.64. The largest absolute Gasteiger partial charge is 0.482 e. The first-order valence-corrected chi connectivity index (χ1v) is 11.2. The van der Waals surface area contributed by atoms with Gasteiger partial charge in [0.1, 0.15) is 17.3 Å². The molecule has 0 spiro atoms. The van der Waals surface area contributed by atoms with Gasteiger partial charge in [0.25, 0.3) is 11.8 Å². The van der Waals surface area contributed by atoms with Gasteiger partial charge in [0.05, 0.1) is 16.4 Å². The molecule has 7 nitrogen and oxygen atoms in total. The highest BCUT2D eigenvalue weighted by Crippen LogP contribution is 2.31. The minimum Gasteiger partial charge on any atom is -0.482 e. The van der Waals surface area contributed by atoms with Crippen LogP contribution in [0.25, 0.3) is 0 Å². The van der Waals surface area contributed by atoms with Gasteiger partial charge < -0.3 is 14.5 Å². The lowest BCUT2D eigenvalue weighted by Gasteiger charge is -2.13. The Bertz CT molecular complexity index is 1290. The Labute approximate surface area is 204 Å². The SMILES string of the molecule is Cc1c(C(=O)Nc2ccccc2F)oc2c1/C(=N/NC(=O)COc1ccc(Cl)cc1Cl)CCC2. The van der Waals surface area contributed by atoms with Gasteiger partial charge in [-0.1, -0.05) is 35.3 Å². The lowest BCUT2D eigenvalue weighted by atomic mass is 9.93. The van der Waals surface area contributed by atoms with Crippen LogP contribution in [0.1, 0.15) is 40.3 Å². The van der Waals surface area contributed by atoms with Crippen molar-refractivity contribution in [3.63, 3.8) is 0 Å². The molecular weight excluding hydrogens is 484 g/mol. The maximum atomic E-state index is 13.9. The van der Waals surface area contributed by atoms with E-state index in [1.54, 1.807) is 25.1 Å². The molecule has 1 aliphatic rings. The minimum absolute atomic E-state index is 0.0585. The van der Waals surface area contributed by atoms with Gasteiger partial charge in [0.2, 0.25) is 0 Å². The molecule has 0 unspecified atom stereocenters. The van der Waals surface area contributed by atoms with Crippen LogP contribution < -0.4 is 15.5 Å². The molecule has 4 rings (SSSR count). The Hall–Kier alpha value is -3.36. The summed E-state index contributed by atoms with van der Waals surface area (Å²) in [5.41, 5.74) is 4.36. The van der Waals surface area contributed by atoms with Crippen LogP contribution in [0.4, 0.5) is 10.1 Å². The Morgan fingerprint density at radius 3 is 2.74 bits per heavy atom. The van der Waals surface area contributed by atoms with Crippen molar-refractivity contribution in [3.8, 4) is 5.75 Å². The van der Waals surface area contributed by atoms with Gasteiger partial charge in [-0.15, -0.1) is 0 Å². The van der Waals surface area contributed by atoms with Crippen LogP contribution in [0.2, 0.25) is 10.0 Å². The fourth-order valence-corrected chi connectivity index (χ4v) is 4.10. The average molecular weight is 504 g/mol. The molecular formula is C24H20Cl2FN3O4. The predicted octanol–water partition coefficient (Wildman–Crippen LogP) is 5.52. The van der Waals surface area contributed by atoms with E-state index in [2.05, 4.69) is 15.8 Å². The molecule has 1 aromatic heterocycles. The number of rotatable bonds is 6. The third kappa shape index (κ3) is 5.24. The molecule has 0 aliphatic heterocycles. The van der Waals surface area contributed by atoms with E-state index in [0.717, 1.165) is 6.42 Å². The van der Waals surface area contributed by atoms with Crippen molar-refractivity contribution in [1.82, 2.24) is 5.43 Å². The second-order valence-electron chi connectivity index (χ2n) is 7.60. The Balaban J connectivity index is 1.46. The molecule has 0 saturated carbocycles. The molecule has 2 amide bonds. The number of furan rings is 1. The average Bonchev–Trinajstić information content (AvgIpc) is 3.16. The third-order valence-electron chi connectivity index (χ3n) is 5.22. The van der Waals surface area contributed by atoms with Gasteiger partial charge in [-0.25, -0.2) is 9.82 Å². The predicted molar refractivity (Wildman–Crippen MR) is 127 cm³/mol. The molecule has 0 atom stereocenters. The summed E-state index contributed by atoms with van der Waals surface area (Å²) in [6.07, 6.45) is 1.94. The zero-order valence-corrected chi connectivity index (χ0v) is 19.6. The molecule has 3 aromatic rings. The highest BCUT2D eigenvalue weighted by molar-refractivity contribution is 6.35. The molecule has 10 heteroatoms. The number of hydrogen-bond donors (Lipinski definition) is 2. The topological polar surface area (TPSA) is 92.9 Å². The zero-order chi connectivity index (χ0) is 24.2. The zero-order valence-electron chi connectivity index (χ0n) is 18.1. The number of para-hydroxylation sites is 1. The van der Waals surface area contributed by atoms with Crippen LogP contribution in [0, 0.1) is 12.7 Å². The molecule has 0 bridgehead atoms. The fraction of sp³-hybridized carbons (Fsp3) is 0.208. The summed E-state index contributed by atoms with van der Waals surface area (Å²) in [4.78, 5) is 25.0. The van der Waals surface area contributed by atoms with E-state index < -0.39 is 17.6 Å². The number of anilines is 1. The number of carbonyl (C=O) groups excluding carboxylic acids is 2. The summed E-state index contributed by atoms with van der Waals surface area (Å²) in [6.45, 7) is 1.43. The van der Waals surface area contributed by atoms with Crippen molar-refractivity contribution in [2.75, 3.05) is 11.9 Å². The van der Waals surface area contributed by atoms with Gasteiger partial charge in [-0.3, -0.25) is 9.59 Å². The van der Waals surface area contributed by atoms with Crippen LogP contribution in [-0.4, -0.2) is 24.1 Å². The van der Waals surface area contributed by atoms with Crippen LogP contribution in [0.15, 0.2) is 52.0 Å². The number of hydrogen-bond acceptors (Lipinski definition) is 5. The summed E-state index contributed by atoms with van der Waals surface area (Å²) in [5, 5.41) is 7.51. The van der Waals surface area contributed by atoms with E-state index >= 15 is 0 Å². The van der Waals surface area contributed by atoms with E-state index in [0.29, 0.717) is 51.2 Å². The number of hydrazone groups is 1. The molecule has 2 N–H and O–H groups in total. The van der Waals surface area contributed by atoms with E-state index in [9.17, 15) is 14.0 Å². The van der Waals surface area contributed by atoms with Crippen LogP contribution in [0.3, 0.4) is 0 Å². The Kier molecular flexibility index (Phi) is 7.19. The molecule has 1 heterocycles. The smallest absolute Gasteiger partial charge is 0.291 e. The Morgan fingerprint density at radius 1 is 1.18 bits per heavy atom. The van der Waals surface area contributed by atoms with Crippen molar-refractivity contribution < 1.29 is 23.1 Å². The lowest BCUT2D eigenvalue weighted by Crippen LogP contribution is -2.27. The third-order valence-corrected chi connectivity index (χ3v) is 5.75. The van der Waals surface area contributed by atoms with Crippen molar-refractivity contribution >= 4 is 46.4 Å².